The van der Waals surface area contributed by atoms with Crippen molar-refractivity contribution in [3.8, 4) is 12.3 Å². The smallest absolute Gasteiger partial charge is 0.254 e. The number of halogens is 2. The number of nitrogens with one attached hydrogen (secondary N) is 2. The average molecular weight is 280 g/mol. The van der Waals surface area contributed by atoms with Gasteiger partial charge in [0.05, 0.1) is 16.8 Å². The summed E-state index contributed by atoms with van der Waals surface area (Å²) in [7, 11) is 0. The zero-order valence-corrected chi connectivity index (χ0v) is 12.0. The molecule has 1 rings (SSSR count). The maximum absolute atomic E-state index is 13.3. The number of terminal acetylenes is 1. The Bertz CT molecular complexity index is 560. The molecule has 0 aliphatic heterocycles. The van der Waals surface area contributed by atoms with Gasteiger partial charge in [-0.1, -0.05) is 5.92 Å². The Morgan fingerprint density at radius 3 is 2.35 bits per heavy atom. The molecule has 0 heterocycles. The highest BCUT2D eigenvalue weighted by molar-refractivity contribution is 6.00. The Morgan fingerprint density at radius 1 is 1.30 bits per heavy atom. The monoisotopic (exact) mass is 280 g/mol. The fourth-order valence-corrected chi connectivity index (χ4v) is 1.55. The summed E-state index contributed by atoms with van der Waals surface area (Å²) < 4.78 is 26.6. The standard InChI is InChI=1S/C15H18F2N2O/c1-6-15(4,5)19-14(20)10-7-11(16)12(17)8-13(10)18-9(2)3/h1,7-9,18H,2-5H3,(H,19,20). The van der Waals surface area contributed by atoms with Gasteiger partial charge in [0.25, 0.3) is 5.91 Å². The van der Waals surface area contributed by atoms with Crippen LogP contribution in [0, 0.1) is 24.0 Å². The van der Waals surface area contributed by atoms with Gasteiger partial charge in [-0.15, -0.1) is 6.42 Å². The predicted octanol–water partition coefficient (Wildman–Crippen LogP) is 2.93. The van der Waals surface area contributed by atoms with E-state index < -0.39 is 23.1 Å². The number of carbonyl (C=O) groups is 1. The number of benzene rings is 1. The molecule has 2 N–H and O–H groups in total. The second-order valence-corrected chi connectivity index (χ2v) is 5.33. The van der Waals surface area contributed by atoms with Crippen molar-refractivity contribution in [2.24, 2.45) is 0 Å². The lowest BCUT2D eigenvalue weighted by Gasteiger charge is -2.21. The van der Waals surface area contributed by atoms with Gasteiger partial charge in [0.1, 0.15) is 0 Å². The lowest BCUT2D eigenvalue weighted by atomic mass is 10.0. The maximum Gasteiger partial charge on any atom is 0.254 e. The van der Waals surface area contributed by atoms with Gasteiger partial charge in [0, 0.05) is 12.1 Å². The lowest BCUT2D eigenvalue weighted by Crippen LogP contribution is -2.42. The number of rotatable bonds is 4. The third-order valence-electron chi connectivity index (χ3n) is 2.54. The Kier molecular flexibility index (Phi) is 4.72. The zero-order chi connectivity index (χ0) is 15.5. The van der Waals surface area contributed by atoms with Crippen LogP contribution in [0.15, 0.2) is 12.1 Å². The molecule has 0 saturated carbocycles. The number of carbonyl (C=O) groups excluding carboxylic acids is 1. The highest BCUT2D eigenvalue weighted by Crippen LogP contribution is 2.21. The number of hydrogen-bond donors (Lipinski definition) is 2. The van der Waals surface area contributed by atoms with Crippen LogP contribution >= 0.6 is 0 Å². The number of hydrogen-bond acceptors (Lipinski definition) is 2. The first kappa shape index (κ1) is 16.0. The van der Waals surface area contributed by atoms with Crippen LogP contribution in [0.2, 0.25) is 0 Å². The quantitative estimate of drug-likeness (QED) is 0.833. The van der Waals surface area contributed by atoms with Crippen molar-refractivity contribution in [3.63, 3.8) is 0 Å². The summed E-state index contributed by atoms with van der Waals surface area (Å²) in [5.41, 5.74) is -0.637. The molecular formula is C15H18F2N2O. The van der Waals surface area contributed by atoms with Gasteiger partial charge in [-0.25, -0.2) is 8.78 Å². The van der Waals surface area contributed by atoms with Crippen molar-refractivity contribution in [1.82, 2.24) is 5.32 Å². The molecule has 0 saturated heterocycles. The summed E-state index contributed by atoms with van der Waals surface area (Å²) in [4.78, 5) is 12.1. The predicted molar refractivity (Wildman–Crippen MR) is 75.5 cm³/mol. The Balaban J connectivity index is 3.19. The van der Waals surface area contributed by atoms with Crippen LogP contribution in [0.3, 0.4) is 0 Å². The van der Waals surface area contributed by atoms with Crippen LogP contribution in [0.5, 0.6) is 0 Å². The number of anilines is 1. The third kappa shape index (κ3) is 3.95. The molecule has 0 bridgehead atoms. The minimum Gasteiger partial charge on any atom is -0.382 e. The van der Waals surface area contributed by atoms with Crippen LogP contribution in [-0.4, -0.2) is 17.5 Å². The molecule has 5 heteroatoms. The summed E-state index contributed by atoms with van der Waals surface area (Å²) in [5.74, 6) is -0.246. The lowest BCUT2D eigenvalue weighted by molar-refractivity contribution is 0.0930. The van der Waals surface area contributed by atoms with E-state index in [9.17, 15) is 13.6 Å². The first-order valence-electron chi connectivity index (χ1n) is 6.22. The van der Waals surface area contributed by atoms with E-state index in [1.54, 1.807) is 13.8 Å². The molecule has 20 heavy (non-hydrogen) atoms. The maximum atomic E-state index is 13.3. The van der Waals surface area contributed by atoms with Crippen LogP contribution in [0.25, 0.3) is 0 Å². The molecule has 1 aromatic rings. The Hall–Kier alpha value is -2.09. The molecule has 0 aromatic heterocycles. The van der Waals surface area contributed by atoms with Crippen molar-refractivity contribution >= 4 is 11.6 Å². The van der Waals surface area contributed by atoms with Gasteiger partial charge < -0.3 is 10.6 Å². The Morgan fingerprint density at radius 2 is 1.85 bits per heavy atom. The van der Waals surface area contributed by atoms with Crippen molar-refractivity contribution < 1.29 is 13.6 Å². The van der Waals surface area contributed by atoms with Gasteiger partial charge in [-0.3, -0.25) is 4.79 Å². The molecule has 0 spiro atoms. The molecule has 0 radical (unpaired) electrons. The van der Waals surface area contributed by atoms with E-state index in [1.165, 1.54) is 0 Å². The summed E-state index contributed by atoms with van der Waals surface area (Å²) >= 11 is 0. The molecule has 3 nitrogen and oxygen atoms in total. The average Bonchev–Trinajstić information content (AvgIpc) is 2.32. The number of amides is 1. The van der Waals surface area contributed by atoms with Crippen molar-refractivity contribution in [3.05, 3.63) is 29.3 Å². The van der Waals surface area contributed by atoms with Crippen molar-refractivity contribution in [2.45, 2.75) is 39.3 Å². The van der Waals surface area contributed by atoms with E-state index in [1.807, 2.05) is 13.8 Å². The second kappa shape index (κ2) is 5.91. The molecule has 1 amide bonds. The molecule has 0 aliphatic carbocycles. The highest BCUT2D eigenvalue weighted by Gasteiger charge is 2.22. The molecule has 0 atom stereocenters. The minimum atomic E-state index is -1.08. The SMILES string of the molecule is C#CC(C)(C)NC(=O)c1cc(F)c(F)cc1NC(C)C. The van der Waals surface area contributed by atoms with Crippen LogP contribution in [0.4, 0.5) is 14.5 Å². The molecule has 108 valence electrons. The van der Waals surface area contributed by atoms with Gasteiger partial charge in [0.2, 0.25) is 0 Å². The molecule has 0 fully saturated rings. The normalized spacial score (nSPS) is 11.1. The molecule has 0 aliphatic rings. The van der Waals surface area contributed by atoms with E-state index in [2.05, 4.69) is 16.6 Å². The molecular weight excluding hydrogens is 262 g/mol. The fourth-order valence-electron chi connectivity index (χ4n) is 1.55. The fraction of sp³-hybridized carbons (Fsp3) is 0.400. The van der Waals surface area contributed by atoms with E-state index in [4.69, 9.17) is 6.42 Å². The summed E-state index contributed by atoms with van der Waals surface area (Å²) in [6.07, 6.45) is 5.29. The van der Waals surface area contributed by atoms with Gasteiger partial charge in [-0.2, -0.15) is 0 Å². The van der Waals surface area contributed by atoms with Gasteiger partial charge in [-0.05, 0) is 33.8 Å². The third-order valence-corrected chi connectivity index (χ3v) is 2.54. The van der Waals surface area contributed by atoms with E-state index in [-0.39, 0.29) is 17.3 Å². The van der Waals surface area contributed by atoms with Crippen molar-refractivity contribution in [2.75, 3.05) is 5.32 Å². The summed E-state index contributed by atoms with van der Waals surface area (Å²) in [6.45, 7) is 6.93. The van der Waals surface area contributed by atoms with Gasteiger partial charge >= 0.3 is 0 Å². The largest absolute Gasteiger partial charge is 0.382 e. The van der Waals surface area contributed by atoms with Crippen LogP contribution < -0.4 is 10.6 Å². The van der Waals surface area contributed by atoms with E-state index >= 15 is 0 Å². The second-order valence-electron chi connectivity index (χ2n) is 5.33. The molecule has 0 unspecified atom stereocenters. The van der Waals surface area contributed by atoms with Crippen LogP contribution in [-0.2, 0) is 0 Å². The van der Waals surface area contributed by atoms with Crippen LogP contribution in [0.1, 0.15) is 38.1 Å². The highest BCUT2D eigenvalue weighted by atomic mass is 19.2. The van der Waals surface area contributed by atoms with E-state index in [0.717, 1.165) is 12.1 Å². The van der Waals surface area contributed by atoms with E-state index in [0.29, 0.717) is 0 Å². The Labute approximate surface area is 117 Å². The van der Waals surface area contributed by atoms with Crippen molar-refractivity contribution in [1.29, 1.82) is 0 Å². The summed E-state index contributed by atoms with van der Waals surface area (Å²) in [6, 6.07) is 1.79. The zero-order valence-electron chi connectivity index (χ0n) is 12.0. The minimum absolute atomic E-state index is 0.0147. The molecule has 1 aromatic carbocycles. The van der Waals surface area contributed by atoms with Gasteiger partial charge in [0.15, 0.2) is 11.6 Å². The first-order valence-corrected chi connectivity index (χ1v) is 6.22. The summed E-state index contributed by atoms with van der Waals surface area (Å²) in [5, 5.41) is 5.49. The topological polar surface area (TPSA) is 41.1 Å². The first-order chi connectivity index (χ1) is 9.16.